The second-order valence-corrected chi connectivity index (χ2v) is 15.1. The second kappa shape index (κ2) is 19.4. The van der Waals surface area contributed by atoms with Crippen molar-refractivity contribution in [3.63, 3.8) is 0 Å². The number of likely N-dealkylation sites (tertiary alicyclic amines) is 2. The van der Waals surface area contributed by atoms with Crippen LogP contribution in [-0.4, -0.2) is 113 Å². The number of rotatable bonds is 16. The van der Waals surface area contributed by atoms with E-state index in [1.165, 1.54) is 0 Å². The number of ether oxygens (including phenoxy) is 1. The molecule has 2 unspecified atom stereocenters. The van der Waals surface area contributed by atoms with E-state index in [-0.39, 0.29) is 47.6 Å². The summed E-state index contributed by atoms with van der Waals surface area (Å²) in [6.45, 7) is 21.7. The van der Waals surface area contributed by atoms with Gasteiger partial charge < -0.3 is 19.9 Å². The normalized spacial score (nSPS) is 20.7. The highest BCUT2D eigenvalue weighted by atomic mass is 16.5. The molecule has 0 saturated carbocycles. The lowest BCUT2D eigenvalue weighted by molar-refractivity contribution is -0.158. The van der Waals surface area contributed by atoms with Crippen molar-refractivity contribution in [1.29, 1.82) is 0 Å². The van der Waals surface area contributed by atoms with Crippen molar-refractivity contribution in [2.24, 2.45) is 11.8 Å². The van der Waals surface area contributed by atoms with Crippen LogP contribution in [-0.2, 0) is 23.9 Å². The Morgan fingerprint density at radius 3 is 2.12 bits per heavy atom. The van der Waals surface area contributed by atoms with Crippen molar-refractivity contribution in [2.75, 3.05) is 39.8 Å². The summed E-state index contributed by atoms with van der Waals surface area (Å²) in [7, 11) is 1.75. The molecular weight excluding hydrogens is 630 g/mol. The molecule has 0 aliphatic carbocycles. The van der Waals surface area contributed by atoms with Crippen LogP contribution in [0.25, 0.3) is 0 Å². The van der Waals surface area contributed by atoms with E-state index in [0.717, 1.165) is 44.5 Å². The first-order valence-corrected chi connectivity index (χ1v) is 19.0. The zero-order chi connectivity index (χ0) is 37.1. The largest absolute Gasteiger partial charge is 0.455 e. The van der Waals surface area contributed by atoms with Crippen LogP contribution in [0.5, 0.6) is 0 Å². The van der Waals surface area contributed by atoms with Crippen molar-refractivity contribution < 1.29 is 23.9 Å². The van der Waals surface area contributed by atoms with Crippen molar-refractivity contribution in [2.45, 2.75) is 131 Å². The molecule has 0 bridgehead atoms. The van der Waals surface area contributed by atoms with E-state index in [9.17, 15) is 19.2 Å². The van der Waals surface area contributed by atoms with E-state index in [2.05, 4.69) is 42.8 Å². The monoisotopic (exact) mass is 695 g/mol. The van der Waals surface area contributed by atoms with E-state index in [4.69, 9.17) is 4.74 Å². The minimum absolute atomic E-state index is 0.00367. The van der Waals surface area contributed by atoms with Gasteiger partial charge in [0.05, 0.1) is 12.1 Å². The second-order valence-electron chi connectivity index (χ2n) is 15.1. The predicted octanol–water partition coefficient (Wildman–Crippen LogP) is 5.44. The first-order valence-electron chi connectivity index (χ1n) is 19.0. The maximum atomic E-state index is 14.1. The fourth-order valence-electron chi connectivity index (χ4n) is 7.36. The summed E-state index contributed by atoms with van der Waals surface area (Å²) in [5.74, 6) is -1.02. The van der Waals surface area contributed by atoms with Gasteiger partial charge in [-0.25, -0.2) is 4.79 Å². The molecule has 10 nitrogen and oxygen atoms in total. The van der Waals surface area contributed by atoms with E-state index in [1.807, 2.05) is 64.1 Å². The molecule has 5 atom stereocenters. The predicted molar refractivity (Wildman–Crippen MR) is 199 cm³/mol. The maximum absolute atomic E-state index is 14.1. The van der Waals surface area contributed by atoms with Crippen LogP contribution in [0.4, 0.5) is 0 Å². The van der Waals surface area contributed by atoms with Crippen LogP contribution in [0.1, 0.15) is 106 Å². The molecule has 2 aliphatic heterocycles. The van der Waals surface area contributed by atoms with Crippen LogP contribution in [0.3, 0.4) is 0 Å². The summed E-state index contributed by atoms with van der Waals surface area (Å²) in [6.07, 6.45) is 5.51. The van der Waals surface area contributed by atoms with Crippen LogP contribution < -0.4 is 5.32 Å². The minimum atomic E-state index is -0.694. The Labute approximate surface area is 301 Å². The maximum Gasteiger partial charge on any atom is 0.329 e. The van der Waals surface area contributed by atoms with E-state index in [0.29, 0.717) is 31.5 Å². The van der Waals surface area contributed by atoms with Crippen LogP contribution in [0, 0.1) is 11.8 Å². The Morgan fingerprint density at radius 1 is 0.900 bits per heavy atom. The lowest BCUT2D eigenvalue weighted by atomic mass is 9.95. The van der Waals surface area contributed by atoms with Gasteiger partial charge in [-0.1, -0.05) is 84.4 Å². The molecule has 0 aromatic heterocycles. The number of piperidine rings is 1. The number of benzene rings is 1. The first-order chi connectivity index (χ1) is 23.7. The summed E-state index contributed by atoms with van der Waals surface area (Å²) in [5, 5.41) is 3.11. The number of nitrogens with one attached hydrogen (secondary N) is 1. The van der Waals surface area contributed by atoms with Gasteiger partial charge in [-0.3, -0.25) is 24.2 Å². The van der Waals surface area contributed by atoms with Gasteiger partial charge in [0, 0.05) is 31.8 Å². The van der Waals surface area contributed by atoms with Crippen molar-refractivity contribution >= 4 is 23.7 Å². The zero-order valence-electron chi connectivity index (χ0n) is 32.5. The number of carbonyl (C=O) groups excluding carboxylic acids is 4. The summed E-state index contributed by atoms with van der Waals surface area (Å²) < 4.78 is 6.16. The molecule has 3 rings (SSSR count). The number of carbonyl (C=O) groups is 4. The Kier molecular flexibility index (Phi) is 16.0. The lowest BCUT2D eigenvalue weighted by Gasteiger charge is -2.39. The van der Waals surface area contributed by atoms with E-state index in [1.54, 1.807) is 23.8 Å². The summed E-state index contributed by atoms with van der Waals surface area (Å²) in [5.41, 5.74) is 1.41. The van der Waals surface area contributed by atoms with Gasteiger partial charge >= 0.3 is 5.97 Å². The number of nitrogens with zero attached hydrogens (tertiary/aromatic N) is 4. The SMILES string of the molecule is CCN(CC)CC(OC(=O)[C@@H]1CCCN1C(=O)/C(C)=C/[C@H](C(C)C)N(C)C(=O)C(NC(=O)[C@H]1CCCCN1C(C)C)C(C)C)c1ccccc1. The molecule has 2 aliphatic rings. The van der Waals surface area contributed by atoms with Gasteiger partial charge in [0.1, 0.15) is 18.2 Å². The van der Waals surface area contributed by atoms with Gasteiger partial charge in [-0.15, -0.1) is 0 Å². The lowest BCUT2D eigenvalue weighted by Crippen LogP contribution is -2.58. The molecule has 10 heteroatoms. The average Bonchev–Trinajstić information content (AvgIpc) is 3.60. The summed E-state index contributed by atoms with van der Waals surface area (Å²) >= 11 is 0. The summed E-state index contributed by atoms with van der Waals surface area (Å²) in [4.78, 5) is 63.1. The van der Waals surface area contributed by atoms with Crippen LogP contribution in [0.2, 0.25) is 0 Å². The molecule has 1 N–H and O–H groups in total. The molecule has 280 valence electrons. The smallest absolute Gasteiger partial charge is 0.329 e. The Morgan fingerprint density at radius 2 is 1.54 bits per heavy atom. The highest BCUT2D eigenvalue weighted by Gasteiger charge is 2.39. The number of likely N-dealkylation sites (N-methyl/N-ethyl adjacent to an activating group) is 2. The molecule has 2 fully saturated rings. The molecule has 50 heavy (non-hydrogen) atoms. The highest BCUT2D eigenvalue weighted by Crippen LogP contribution is 2.27. The number of hydrogen-bond donors (Lipinski definition) is 1. The van der Waals surface area contributed by atoms with Gasteiger partial charge in [-0.05, 0) is 83.5 Å². The first kappa shape index (κ1) is 41.2. The van der Waals surface area contributed by atoms with Crippen molar-refractivity contribution in [3.05, 3.63) is 47.5 Å². The fraction of sp³-hybridized carbons (Fsp3) is 0.700. The molecule has 0 radical (unpaired) electrons. The molecular formula is C40H65N5O5. The topological polar surface area (TPSA) is 102 Å². The summed E-state index contributed by atoms with van der Waals surface area (Å²) in [6, 6.07) is 8.02. The third kappa shape index (κ3) is 10.6. The molecule has 2 saturated heterocycles. The molecule has 1 aromatic rings. The highest BCUT2D eigenvalue weighted by molar-refractivity contribution is 5.96. The minimum Gasteiger partial charge on any atom is -0.455 e. The van der Waals surface area contributed by atoms with Crippen molar-refractivity contribution in [1.82, 2.24) is 24.9 Å². The van der Waals surface area contributed by atoms with E-state index < -0.39 is 24.2 Å². The molecule has 1 aromatic carbocycles. The van der Waals surface area contributed by atoms with Gasteiger partial charge in [-0.2, -0.15) is 0 Å². The fourth-order valence-corrected chi connectivity index (χ4v) is 7.36. The van der Waals surface area contributed by atoms with Crippen LogP contribution in [0.15, 0.2) is 42.0 Å². The van der Waals surface area contributed by atoms with Gasteiger partial charge in [0.2, 0.25) is 17.7 Å². The Bertz CT molecular complexity index is 1290. The standard InChI is InChI=1S/C40H65N5O5/c1-11-43(12-2)26-35(31-19-14-13-15-20-31)50-40(49)33-22-18-24-45(33)38(47)30(9)25-34(27(3)4)42(10)39(48)36(28(5)6)41-37(46)32-21-16-17-23-44(32)29(7)8/h13-15,19-20,25,27-29,32-36H,11-12,16-18,21-24,26H2,1-10H3,(H,41,46)/b30-25+/t32-,33+,34-,35?,36?/m1/s1. The number of hydrogen-bond acceptors (Lipinski definition) is 7. The van der Waals surface area contributed by atoms with Gasteiger partial charge in [0.15, 0.2) is 0 Å². The van der Waals surface area contributed by atoms with Crippen LogP contribution >= 0.6 is 0 Å². The quantitative estimate of drug-likeness (QED) is 0.182. The third-order valence-corrected chi connectivity index (χ3v) is 10.5. The Balaban J connectivity index is 1.76. The molecule has 3 amide bonds. The Hall–Kier alpha value is -3.24. The zero-order valence-corrected chi connectivity index (χ0v) is 32.5. The average molecular weight is 696 g/mol. The number of esters is 1. The molecule has 0 spiro atoms. The van der Waals surface area contributed by atoms with Gasteiger partial charge in [0.25, 0.3) is 0 Å². The van der Waals surface area contributed by atoms with Crippen molar-refractivity contribution in [3.8, 4) is 0 Å². The number of amides is 3. The van der Waals surface area contributed by atoms with E-state index >= 15 is 0 Å². The third-order valence-electron chi connectivity index (χ3n) is 10.5. The molecule has 2 heterocycles.